The number of carbonyl (C=O) groups excluding carboxylic acids is 1. The molecule has 0 saturated carbocycles. The van der Waals surface area contributed by atoms with Gasteiger partial charge in [0.2, 0.25) is 5.91 Å². The third-order valence-electron chi connectivity index (χ3n) is 4.92. The van der Waals surface area contributed by atoms with Crippen LogP contribution in [-0.4, -0.2) is 35.5 Å². The van der Waals surface area contributed by atoms with Crippen LogP contribution in [0.2, 0.25) is 5.02 Å². The maximum absolute atomic E-state index is 13.3. The van der Waals surface area contributed by atoms with Crippen LogP contribution in [-0.2, 0) is 24.7 Å². The highest BCUT2D eigenvalue weighted by Gasteiger charge is 2.27. The van der Waals surface area contributed by atoms with Crippen LogP contribution in [0.15, 0.2) is 88.7 Å². The molecule has 0 spiro atoms. The molecule has 7 nitrogen and oxygen atoms in total. The third-order valence-corrected chi connectivity index (χ3v) is 8.09. The summed E-state index contributed by atoms with van der Waals surface area (Å²) in [5.41, 5.74) is 1.02. The van der Waals surface area contributed by atoms with E-state index in [0.717, 1.165) is 10.6 Å². The van der Waals surface area contributed by atoms with Crippen molar-refractivity contribution >= 4 is 43.1 Å². The van der Waals surface area contributed by atoms with Gasteiger partial charge in [-0.15, -0.1) is 0 Å². The zero-order chi connectivity index (χ0) is 24.2. The van der Waals surface area contributed by atoms with Crippen molar-refractivity contribution in [2.45, 2.75) is 22.8 Å². The number of hydrogen-bond donors (Lipinski definition) is 1. The molecule has 1 amide bonds. The zero-order valence-corrected chi connectivity index (χ0v) is 20.4. The highest BCUT2D eigenvalue weighted by atomic mass is 35.5. The van der Waals surface area contributed by atoms with Crippen LogP contribution in [0.5, 0.6) is 0 Å². The number of nitrogens with zero attached hydrogens (tertiary/aromatic N) is 1. The monoisotopic (exact) mass is 506 g/mol. The fourth-order valence-corrected chi connectivity index (χ4v) is 5.33. The Hall–Kier alpha value is -2.88. The van der Waals surface area contributed by atoms with Crippen LogP contribution in [0.3, 0.4) is 0 Å². The Morgan fingerprint density at radius 1 is 0.879 bits per heavy atom. The quantitative estimate of drug-likeness (QED) is 0.500. The van der Waals surface area contributed by atoms with Gasteiger partial charge in [-0.2, -0.15) is 0 Å². The summed E-state index contributed by atoms with van der Waals surface area (Å²) < 4.78 is 50.9. The van der Waals surface area contributed by atoms with Gasteiger partial charge in [0, 0.05) is 11.3 Å². The number of sulfone groups is 1. The predicted molar refractivity (Wildman–Crippen MR) is 129 cm³/mol. The van der Waals surface area contributed by atoms with E-state index in [1.54, 1.807) is 49.4 Å². The normalized spacial score (nSPS) is 12.7. The number of halogens is 1. The van der Waals surface area contributed by atoms with E-state index in [-0.39, 0.29) is 9.79 Å². The van der Waals surface area contributed by atoms with E-state index >= 15 is 0 Å². The van der Waals surface area contributed by atoms with Crippen molar-refractivity contribution in [2.24, 2.45) is 0 Å². The van der Waals surface area contributed by atoms with Gasteiger partial charge in [-0.05, 0) is 61.0 Å². The summed E-state index contributed by atoms with van der Waals surface area (Å²) >= 11 is 5.89. The number of benzene rings is 3. The minimum absolute atomic E-state index is 0.00738. The van der Waals surface area contributed by atoms with Gasteiger partial charge in [0.25, 0.3) is 10.0 Å². The lowest BCUT2D eigenvalue weighted by Crippen LogP contribution is -2.41. The molecule has 0 saturated heterocycles. The van der Waals surface area contributed by atoms with Crippen molar-refractivity contribution in [2.75, 3.05) is 17.1 Å². The van der Waals surface area contributed by atoms with E-state index in [2.05, 4.69) is 5.32 Å². The number of nitrogens with one attached hydrogen (secondary N) is 1. The molecule has 10 heteroatoms. The van der Waals surface area contributed by atoms with Gasteiger partial charge >= 0.3 is 0 Å². The summed E-state index contributed by atoms with van der Waals surface area (Å²) in [6.07, 6.45) is 1.12. The van der Waals surface area contributed by atoms with E-state index in [9.17, 15) is 21.6 Å². The van der Waals surface area contributed by atoms with Crippen LogP contribution in [0, 0.1) is 0 Å². The summed E-state index contributed by atoms with van der Waals surface area (Å²) in [6.45, 7) is 1.29. The first-order chi connectivity index (χ1) is 15.5. The zero-order valence-electron chi connectivity index (χ0n) is 18.0. The summed E-state index contributed by atoms with van der Waals surface area (Å²) in [5.74, 6) is -0.518. The maximum atomic E-state index is 13.3. The van der Waals surface area contributed by atoms with Gasteiger partial charge in [0.05, 0.1) is 21.5 Å². The molecule has 0 bridgehead atoms. The Bertz CT molecular complexity index is 1330. The number of carbonyl (C=O) groups is 1. The molecule has 3 rings (SSSR count). The van der Waals surface area contributed by atoms with E-state index in [4.69, 9.17) is 11.6 Å². The fraction of sp³-hybridized carbons (Fsp3) is 0.174. The average molecular weight is 507 g/mol. The Kier molecular flexibility index (Phi) is 7.46. The maximum Gasteiger partial charge on any atom is 0.264 e. The van der Waals surface area contributed by atoms with Crippen LogP contribution in [0.1, 0.15) is 18.5 Å². The van der Waals surface area contributed by atoms with Crippen molar-refractivity contribution in [1.82, 2.24) is 5.32 Å². The van der Waals surface area contributed by atoms with Gasteiger partial charge in [-0.25, -0.2) is 16.8 Å². The van der Waals surface area contributed by atoms with Gasteiger partial charge in [0.1, 0.15) is 6.54 Å². The number of para-hydroxylation sites is 1. The molecule has 0 aliphatic rings. The molecule has 0 radical (unpaired) electrons. The number of sulfonamides is 1. The van der Waals surface area contributed by atoms with Gasteiger partial charge < -0.3 is 5.32 Å². The van der Waals surface area contributed by atoms with Crippen LogP contribution in [0.4, 0.5) is 5.69 Å². The molecular formula is C23H23ClN2O5S2. The average Bonchev–Trinajstić information content (AvgIpc) is 2.77. The van der Waals surface area contributed by atoms with E-state index < -0.39 is 38.4 Å². The van der Waals surface area contributed by atoms with Crippen LogP contribution < -0.4 is 9.62 Å². The second-order valence-electron chi connectivity index (χ2n) is 7.43. The minimum Gasteiger partial charge on any atom is -0.348 e. The van der Waals surface area contributed by atoms with E-state index in [1.165, 1.54) is 36.4 Å². The number of hydrogen-bond acceptors (Lipinski definition) is 5. The number of amides is 1. The lowest BCUT2D eigenvalue weighted by molar-refractivity contribution is -0.120. The lowest BCUT2D eigenvalue weighted by Gasteiger charge is -2.25. The SMILES string of the molecule is C[C@@H](NC(=O)CN(c1ccccc1)S(=O)(=O)c1ccc(Cl)cc1)c1ccc(S(C)(=O)=O)cc1. The summed E-state index contributed by atoms with van der Waals surface area (Å²) in [5, 5.41) is 3.17. The van der Waals surface area contributed by atoms with Crippen molar-refractivity contribution in [1.29, 1.82) is 0 Å². The van der Waals surface area contributed by atoms with Crippen LogP contribution in [0.25, 0.3) is 0 Å². The van der Waals surface area contributed by atoms with Gasteiger partial charge in [0.15, 0.2) is 9.84 Å². The molecule has 0 unspecified atom stereocenters. The molecule has 1 N–H and O–H groups in total. The highest BCUT2D eigenvalue weighted by molar-refractivity contribution is 7.93. The first kappa shape index (κ1) is 24.8. The molecule has 0 heterocycles. The number of rotatable bonds is 8. The molecule has 0 aliphatic heterocycles. The summed E-state index contributed by atoms with van der Waals surface area (Å²) in [6, 6.07) is 19.7. The molecule has 3 aromatic carbocycles. The van der Waals surface area contributed by atoms with E-state index in [1.807, 2.05) is 0 Å². The molecular weight excluding hydrogens is 484 g/mol. The van der Waals surface area contributed by atoms with E-state index in [0.29, 0.717) is 16.3 Å². The molecule has 33 heavy (non-hydrogen) atoms. The Labute approximate surface area is 199 Å². The number of anilines is 1. The highest BCUT2D eigenvalue weighted by Crippen LogP contribution is 2.25. The third kappa shape index (κ3) is 6.13. The molecule has 0 aliphatic carbocycles. The topological polar surface area (TPSA) is 101 Å². The summed E-state index contributed by atoms with van der Waals surface area (Å²) in [7, 11) is -7.37. The molecule has 0 fully saturated rings. The molecule has 174 valence electrons. The minimum atomic E-state index is -4.04. The second-order valence-corrected chi connectivity index (χ2v) is 11.7. The largest absolute Gasteiger partial charge is 0.348 e. The second kappa shape index (κ2) is 9.94. The standard InChI is InChI=1S/C23H23ClN2O5S2/c1-17(18-8-12-21(13-9-18)32(2,28)29)25-23(27)16-26(20-6-4-3-5-7-20)33(30,31)22-14-10-19(24)11-15-22/h3-15,17H,16H2,1-2H3,(H,25,27)/t17-/m1/s1. The van der Waals surface area contributed by atoms with Crippen molar-refractivity contribution in [3.63, 3.8) is 0 Å². The Balaban J connectivity index is 1.83. The van der Waals surface area contributed by atoms with Crippen LogP contribution >= 0.6 is 11.6 Å². The van der Waals surface area contributed by atoms with Crippen molar-refractivity contribution < 1.29 is 21.6 Å². The Morgan fingerprint density at radius 3 is 1.97 bits per heavy atom. The molecule has 0 aromatic heterocycles. The summed E-state index contributed by atoms with van der Waals surface area (Å²) in [4.78, 5) is 13.0. The van der Waals surface area contributed by atoms with Gasteiger partial charge in [-0.3, -0.25) is 9.10 Å². The molecule has 3 aromatic rings. The predicted octanol–water partition coefficient (Wildman–Crippen LogP) is 3.82. The Morgan fingerprint density at radius 2 is 1.42 bits per heavy atom. The first-order valence-corrected chi connectivity index (χ1v) is 13.6. The fourth-order valence-electron chi connectivity index (χ4n) is 3.15. The lowest BCUT2D eigenvalue weighted by atomic mass is 10.1. The van der Waals surface area contributed by atoms with Crippen molar-refractivity contribution in [3.8, 4) is 0 Å². The van der Waals surface area contributed by atoms with Gasteiger partial charge in [-0.1, -0.05) is 41.9 Å². The van der Waals surface area contributed by atoms with Crippen molar-refractivity contribution in [3.05, 3.63) is 89.4 Å². The smallest absolute Gasteiger partial charge is 0.264 e. The first-order valence-electron chi connectivity index (χ1n) is 9.91. The molecule has 1 atom stereocenters.